The Balaban J connectivity index is 1.63. The van der Waals surface area contributed by atoms with Crippen LogP contribution in [-0.2, 0) is 25.5 Å². The summed E-state index contributed by atoms with van der Waals surface area (Å²) in [6.07, 6.45) is 1.78. The maximum atomic E-state index is 13.0. The number of ether oxygens (including phenoxy) is 3. The molecule has 1 heterocycles. The van der Waals surface area contributed by atoms with E-state index in [1.165, 1.54) is 12.1 Å². The first-order valence-corrected chi connectivity index (χ1v) is 9.92. The Morgan fingerprint density at radius 2 is 1.87 bits per heavy atom. The predicted octanol–water partition coefficient (Wildman–Crippen LogP) is 2.88. The molecule has 0 radical (unpaired) electrons. The molecule has 0 unspecified atom stereocenters. The Hall–Kier alpha value is -2.74. The maximum Gasteiger partial charge on any atom is 0.286 e. The number of hydrogen-bond acceptors (Lipinski definition) is 5. The number of benzene rings is 2. The lowest BCUT2D eigenvalue weighted by Gasteiger charge is -2.29. The Kier molecular flexibility index (Phi) is 8.38. The van der Waals surface area contributed by atoms with E-state index in [2.05, 4.69) is 5.32 Å². The van der Waals surface area contributed by atoms with E-state index in [0.29, 0.717) is 13.0 Å². The number of rotatable bonds is 10. The zero-order valence-electron chi connectivity index (χ0n) is 16.6. The smallest absolute Gasteiger partial charge is 0.286 e. The topological polar surface area (TPSA) is 77.0 Å². The summed E-state index contributed by atoms with van der Waals surface area (Å²) in [5, 5.41) is 11.6. The van der Waals surface area contributed by atoms with E-state index in [1.54, 1.807) is 18.2 Å². The van der Waals surface area contributed by atoms with Crippen molar-refractivity contribution in [3.05, 3.63) is 83.4 Å². The molecule has 30 heavy (non-hydrogen) atoms. The van der Waals surface area contributed by atoms with Crippen LogP contribution in [0.3, 0.4) is 0 Å². The van der Waals surface area contributed by atoms with Crippen molar-refractivity contribution in [2.45, 2.75) is 25.2 Å². The second kappa shape index (κ2) is 11.4. The third kappa shape index (κ3) is 6.66. The van der Waals surface area contributed by atoms with Crippen LogP contribution in [0.5, 0.6) is 0 Å². The molecule has 2 aromatic rings. The van der Waals surface area contributed by atoms with E-state index in [-0.39, 0.29) is 49.8 Å². The molecule has 0 aromatic heterocycles. The highest BCUT2D eigenvalue weighted by Crippen LogP contribution is 2.31. The Morgan fingerprint density at radius 1 is 1.10 bits per heavy atom. The predicted molar refractivity (Wildman–Crippen MR) is 109 cm³/mol. The van der Waals surface area contributed by atoms with E-state index in [1.807, 2.05) is 30.3 Å². The van der Waals surface area contributed by atoms with E-state index in [4.69, 9.17) is 19.3 Å². The fraction of sp³-hybridized carbons (Fsp3) is 0.348. The van der Waals surface area contributed by atoms with Crippen molar-refractivity contribution in [2.24, 2.45) is 0 Å². The summed E-state index contributed by atoms with van der Waals surface area (Å²) in [5.74, 6) is -0.518. The molecule has 0 bridgehead atoms. The van der Waals surface area contributed by atoms with Gasteiger partial charge in [0.1, 0.15) is 5.82 Å². The van der Waals surface area contributed by atoms with Gasteiger partial charge in [0.05, 0.1) is 26.4 Å². The standard InChI is InChI=1S/C23H26FNO5/c24-20-8-6-17(7-9-20)16-25-23(27)21-14-19(18-4-2-1-3-5-18)15-22(30-21)29-13-12-28-11-10-26/h1-9,14,19,22,26H,10-13,15-16H2,(H,25,27)/t19-,22+/m1/s1. The number of nitrogens with one attached hydrogen (secondary N) is 1. The monoisotopic (exact) mass is 415 g/mol. The highest BCUT2D eigenvalue weighted by atomic mass is 19.1. The average molecular weight is 415 g/mol. The van der Waals surface area contributed by atoms with Gasteiger partial charge in [-0.2, -0.15) is 0 Å². The van der Waals surface area contributed by atoms with Crippen molar-refractivity contribution in [1.29, 1.82) is 0 Å². The molecule has 0 saturated heterocycles. The molecular weight excluding hydrogens is 389 g/mol. The lowest BCUT2D eigenvalue weighted by molar-refractivity contribution is -0.151. The van der Waals surface area contributed by atoms with Crippen molar-refractivity contribution in [3.8, 4) is 0 Å². The van der Waals surface area contributed by atoms with Crippen molar-refractivity contribution in [3.63, 3.8) is 0 Å². The van der Waals surface area contributed by atoms with Crippen LogP contribution >= 0.6 is 0 Å². The molecular formula is C23H26FNO5. The second-order valence-corrected chi connectivity index (χ2v) is 6.85. The largest absolute Gasteiger partial charge is 0.459 e. The highest BCUT2D eigenvalue weighted by molar-refractivity contribution is 5.91. The first kappa shape index (κ1) is 22.0. The molecule has 2 aromatic carbocycles. The fourth-order valence-electron chi connectivity index (χ4n) is 3.13. The van der Waals surface area contributed by atoms with E-state index < -0.39 is 6.29 Å². The molecule has 2 N–H and O–H groups in total. The van der Waals surface area contributed by atoms with Crippen LogP contribution in [0.15, 0.2) is 66.4 Å². The zero-order valence-corrected chi connectivity index (χ0v) is 16.6. The molecule has 160 valence electrons. The maximum absolute atomic E-state index is 13.0. The van der Waals surface area contributed by atoms with E-state index in [9.17, 15) is 9.18 Å². The normalized spacial score (nSPS) is 18.4. The van der Waals surface area contributed by atoms with Gasteiger partial charge in [0.15, 0.2) is 5.76 Å². The Labute approximate surface area is 175 Å². The minimum atomic E-state index is -0.593. The van der Waals surface area contributed by atoms with Gasteiger partial charge in [0, 0.05) is 18.9 Å². The van der Waals surface area contributed by atoms with Gasteiger partial charge in [0.25, 0.3) is 5.91 Å². The van der Waals surface area contributed by atoms with Crippen LogP contribution in [0, 0.1) is 5.82 Å². The number of halogens is 1. The van der Waals surface area contributed by atoms with Crippen molar-refractivity contribution >= 4 is 5.91 Å². The molecule has 2 atom stereocenters. The molecule has 0 saturated carbocycles. The number of allylic oxidation sites excluding steroid dienone is 1. The molecule has 0 spiro atoms. The number of carbonyl (C=O) groups is 1. The molecule has 0 aliphatic carbocycles. The van der Waals surface area contributed by atoms with Gasteiger partial charge in [-0.1, -0.05) is 42.5 Å². The SMILES string of the molecule is O=C(NCc1ccc(F)cc1)C1=C[C@@H](c2ccccc2)C[C@@H](OCCOCCO)O1. The van der Waals surface area contributed by atoms with Crippen molar-refractivity contribution in [1.82, 2.24) is 5.32 Å². The third-order valence-corrected chi connectivity index (χ3v) is 4.64. The summed E-state index contributed by atoms with van der Waals surface area (Å²) in [4.78, 5) is 12.7. The van der Waals surface area contributed by atoms with Crippen LogP contribution in [0.25, 0.3) is 0 Å². The molecule has 0 fully saturated rings. The van der Waals surface area contributed by atoms with E-state index in [0.717, 1.165) is 11.1 Å². The van der Waals surface area contributed by atoms with Gasteiger partial charge >= 0.3 is 0 Å². The number of aliphatic hydroxyl groups is 1. The van der Waals surface area contributed by atoms with Gasteiger partial charge < -0.3 is 24.6 Å². The van der Waals surface area contributed by atoms with Gasteiger partial charge in [-0.25, -0.2) is 4.39 Å². The van der Waals surface area contributed by atoms with Crippen molar-refractivity contribution < 1.29 is 28.5 Å². The van der Waals surface area contributed by atoms with E-state index >= 15 is 0 Å². The molecule has 7 heteroatoms. The van der Waals surface area contributed by atoms with Crippen molar-refractivity contribution in [2.75, 3.05) is 26.4 Å². The number of carbonyl (C=O) groups excluding carboxylic acids is 1. The van der Waals surface area contributed by atoms with Gasteiger partial charge in [0.2, 0.25) is 6.29 Å². The van der Waals surface area contributed by atoms with Crippen LogP contribution < -0.4 is 5.32 Å². The van der Waals surface area contributed by atoms with Crippen LogP contribution in [0.1, 0.15) is 23.5 Å². The summed E-state index contributed by atoms with van der Waals surface area (Å²) >= 11 is 0. The fourth-order valence-corrected chi connectivity index (χ4v) is 3.13. The lowest BCUT2D eigenvalue weighted by atomic mass is 9.93. The van der Waals surface area contributed by atoms with Gasteiger partial charge in [-0.3, -0.25) is 4.79 Å². The minimum absolute atomic E-state index is 0.0325. The molecule has 3 rings (SSSR count). The zero-order chi connectivity index (χ0) is 21.2. The van der Waals surface area contributed by atoms with Gasteiger partial charge in [-0.05, 0) is 29.3 Å². The second-order valence-electron chi connectivity index (χ2n) is 6.85. The summed E-state index contributed by atoms with van der Waals surface area (Å²) in [6, 6.07) is 15.8. The average Bonchev–Trinajstić information content (AvgIpc) is 2.79. The number of aliphatic hydroxyl groups excluding tert-OH is 1. The molecule has 6 nitrogen and oxygen atoms in total. The Bertz CT molecular complexity index is 825. The molecule has 1 amide bonds. The molecule has 1 aliphatic heterocycles. The quantitative estimate of drug-likeness (QED) is 0.584. The lowest BCUT2D eigenvalue weighted by Crippen LogP contribution is -2.33. The minimum Gasteiger partial charge on any atom is -0.459 e. The first-order valence-electron chi connectivity index (χ1n) is 9.92. The first-order chi connectivity index (χ1) is 14.7. The van der Waals surface area contributed by atoms with Gasteiger partial charge in [-0.15, -0.1) is 0 Å². The third-order valence-electron chi connectivity index (χ3n) is 4.64. The number of amides is 1. The summed E-state index contributed by atoms with van der Waals surface area (Å²) in [5.41, 5.74) is 1.85. The number of hydrogen-bond donors (Lipinski definition) is 2. The summed E-state index contributed by atoms with van der Waals surface area (Å²) < 4.78 is 29.8. The van der Waals surface area contributed by atoms with Crippen LogP contribution in [-0.4, -0.2) is 43.7 Å². The highest BCUT2D eigenvalue weighted by Gasteiger charge is 2.28. The summed E-state index contributed by atoms with van der Waals surface area (Å²) in [6.45, 7) is 1.08. The summed E-state index contributed by atoms with van der Waals surface area (Å²) in [7, 11) is 0. The van der Waals surface area contributed by atoms with Crippen LogP contribution in [0.4, 0.5) is 4.39 Å². The van der Waals surface area contributed by atoms with Crippen LogP contribution in [0.2, 0.25) is 0 Å². The Morgan fingerprint density at radius 3 is 2.60 bits per heavy atom. The molecule has 1 aliphatic rings.